The van der Waals surface area contributed by atoms with Crippen LogP contribution in [-0.2, 0) is 10.0 Å². The van der Waals surface area contributed by atoms with Gasteiger partial charge in [0.2, 0.25) is 10.0 Å². The Labute approximate surface area is 101 Å². The SMILES string of the molecule is O=S(=O)(c1ccccc1)N1CCNC(CO)C1. The van der Waals surface area contributed by atoms with Crippen LogP contribution in [0.1, 0.15) is 0 Å². The van der Waals surface area contributed by atoms with Crippen molar-refractivity contribution in [2.45, 2.75) is 10.9 Å². The second-order valence-corrected chi connectivity index (χ2v) is 5.95. The minimum Gasteiger partial charge on any atom is -0.395 e. The van der Waals surface area contributed by atoms with Crippen LogP contribution in [0.15, 0.2) is 35.2 Å². The zero-order chi connectivity index (χ0) is 12.3. The predicted molar refractivity (Wildman–Crippen MR) is 64.1 cm³/mol. The lowest BCUT2D eigenvalue weighted by molar-refractivity contribution is 0.195. The monoisotopic (exact) mass is 256 g/mol. The number of rotatable bonds is 3. The fraction of sp³-hybridized carbons (Fsp3) is 0.455. The summed E-state index contributed by atoms with van der Waals surface area (Å²) < 4.78 is 25.9. The van der Waals surface area contributed by atoms with Crippen LogP contribution < -0.4 is 5.32 Å². The molecule has 1 aliphatic heterocycles. The number of hydrogen-bond acceptors (Lipinski definition) is 4. The standard InChI is InChI=1S/C11H16N2O3S/c14-9-10-8-13(7-6-12-10)17(15,16)11-4-2-1-3-5-11/h1-5,10,12,14H,6-9H2. The normalized spacial score (nSPS) is 22.5. The number of aliphatic hydroxyl groups excluding tert-OH is 1. The molecule has 1 atom stereocenters. The fourth-order valence-corrected chi connectivity index (χ4v) is 3.38. The molecule has 1 fully saturated rings. The van der Waals surface area contributed by atoms with Gasteiger partial charge in [0.05, 0.1) is 11.5 Å². The number of nitrogens with zero attached hydrogens (tertiary/aromatic N) is 1. The highest BCUT2D eigenvalue weighted by molar-refractivity contribution is 7.89. The third-order valence-electron chi connectivity index (χ3n) is 2.82. The Morgan fingerprint density at radius 2 is 2.06 bits per heavy atom. The molecule has 0 aliphatic carbocycles. The van der Waals surface area contributed by atoms with Crippen molar-refractivity contribution in [2.75, 3.05) is 26.2 Å². The second-order valence-electron chi connectivity index (χ2n) is 4.01. The van der Waals surface area contributed by atoms with Gasteiger partial charge in [-0.1, -0.05) is 18.2 Å². The molecule has 0 spiro atoms. The molecule has 5 nitrogen and oxygen atoms in total. The van der Waals surface area contributed by atoms with Gasteiger partial charge in [0.25, 0.3) is 0 Å². The van der Waals surface area contributed by atoms with Crippen molar-refractivity contribution in [1.82, 2.24) is 9.62 Å². The van der Waals surface area contributed by atoms with E-state index in [4.69, 9.17) is 5.11 Å². The number of piperazine rings is 1. The highest BCUT2D eigenvalue weighted by Gasteiger charge is 2.29. The first-order valence-electron chi connectivity index (χ1n) is 5.54. The average molecular weight is 256 g/mol. The lowest BCUT2D eigenvalue weighted by Gasteiger charge is -2.31. The maximum absolute atomic E-state index is 12.3. The van der Waals surface area contributed by atoms with Crippen LogP contribution in [0.4, 0.5) is 0 Å². The van der Waals surface area contributed by atoms with Crippen LogP contribution in [-0.4, -0.2) is 50.1 Å². The number of hydrogen-bond donors (Lipinski definition) is 2. The van der Waals surface area contributed by atoms with Crippen molar-refractivity contribution in [3.63, 3.8) is 0 Å². The third-order valence-corrected chi connectivity index (χ3v) is 4.70. The summed E-state index contributed by atoms with van der Waals surface area (Å²) in [6, 6.07) is 8.20. The van der Waals surface area contributed by atoms with E-state index in [1.165, 1.54) is 4.31 Å². The van der Waals surface area contributed by atoms with Gasteiger partial charge in [0.1, 0.15) is 0 Å². The maximum atomic E-state index is 12.3. The first-order chi connectivity index (χ1) is 8.14. The molecule has 2 rings (SSSR count). The summed E-state index contributed by atoms with van der Waals surface area (Å²) in [5.74, 6) is 0. The zero-order valence-electron chi connectivity index (χ0n) is 9.41. The van der Waals surface area contributed by atoms with Crippen LogP contribution in [0.25, 0.3) is 0 Å². The molecule has 1 aromatic carbocycles. The quantitative estimate of drug-likeness (QED) is 0.775. The molecule has 0 saturated carbocycles. The molecule has 0 radical (unpaired) electrons. The molecule has 1 aliphatic rings. The Kier molecular flexibility index (Phi) is 3.78. The van der Waals surface area contributed by atoms with Gasteiger partial charge < -0.3 is 10.4 Å². The van der Waals surface area contributed by atoms with E-state index >= 15 is 0 Å². The molecule has 0 amide bonds. The van der Waals surface area contributed by atoms with Gasteiger partial charge in [-0.25, -0.2) is 8.42 Å². The molecule has 1 aromatic rings. The highest BCUT2D eigenvalue weighted by atomic mass is 32.2. The van der Waals surface area contributed by atoms with E-state index in [0.717, 1.165) is 0 Å². The molecule has 0 aromatic heterocycles. The molecule has 94 valence electrons. The predicted octanol–water partition coefficient (Wildman–Crippen LogP) is -0.359. The van der Waals surface area contributed by atoms with E-state index < -0.39 is 10.0 Å². The van der Waals surface area contributed by atoms with Crippen molar-refractivity contribution in [1.29, 1.82) is 0 Å². The summed E-state index contributed by atoms with van der Waals surface area (Å²) in [4.78, 5) is 0.304. The molecule has 1 unspecified atom stereocenters. The van der Waals surface area contributed by atoms with Crippen LogP contribution in [0.3, 0.4) is 0 Å². The zero-order valence-corrected chi connectivity index (χ0v) is 10.2. The molecule has 17 heavy (non-hydrogen) atoms. The number of benzene rings is 1. The summed E-state index contributed by atoms with van der Waals surface area (Å²) in [5, 5.41) is 12.1. The van der Waals surface area contributed by atoms with Crippen LogP contribution in [0.5, 0.6) is 0 Å². The first-order valence-corrected chi connectivity index (χ1v) is 6.98. The summed E-state index contributed by atoms with van der Waals surface area (Å²) >= 11 is 0. The third kappa shape index (κ3) is 2.66. The minimum atomic E-state index is -3.42. The van der Waals surface area contributed by atoms with Crippen molar-refractivity contribution in [3.05, 3.63) is 30.3 Å². The highest BCUT2D eigenvalue weighted by Crippen LogP contribution is 2.16. The van der Waals surface area contributed by atoms with Gasteiger partial charge in [0.15, 0.2) is 0 Å². The van der Waals surface area contributed by atoms with E-state index in [9.17, 15) is 8.42 Å². The molecular formula is C11H16N2O3S. The summed E-state index contributed by atoms with van der Waals surface area (Å²) in [7, 11) is -3.42. The van der Waals surface area contributed by atoms with Crippen molar-refractivity contribution in [2.24, 2.45) is 0 Å². The average Bonchev–Trinajstić information content (AvgIpc) is 2.40. The van der Waals surface area contributed by atoms with Crippen LogP contribution in [0.2, 0.25) is 0 Å². The topological polar surface area (TPSA) is 69.6 Å². The van der Waals surface area contributed by atoms with Crippen molar-refractivity contribution in [3.8, 4) is 0 Å². The van der Waals surface area contributed by atoms with Crippen molar-refractivity contribution < 1.29 is 13.5 Å². The lowest BCUT2D eigenvalue weighted by Crippen LogP contribution is -2.53. The number of nitrogens with one attached hydrogen (secondary N) is 1. The first kappa shape index (κ1) is 12.5. The molecule has 2 N–H and O–H groups in total. The lowest BCUT2D eigenvalue weighted by atomic mass is 10.2. The Morgan fingerprint density at radius 3 is 2.71 bits per heavy atom. The number of sulfonamides is 1. The maximum Gasteiger partial charge on any atom is 0.243 e. The van der Waals surface area contributed by atoms with Gasteiger partial charge >= 0.3 is 0 Å². The summed E-state index contributed by atoms with van der Waals surface area (Å²) in [6.45, 7) is 1.26. The van der Waals surface area contributed by atoms with E-state index in [2.05, 4.69) is 5.32 Å². The van der Waals surface area contributed by atoms with Gasteiger partial charge in [0, 0.05) is 25.7 Å². The molecule has 0 bridgehead atoms. The molecule has 1 saturated heterocycles. The van der Waals surface area contributed by atoms with E-state index in [1.807, 2.05) is 0 Å². The van der Waals surface area contributed by atoms with Gasteiger partial charge in [-0.2, -0.15) is 4.31 Å². The largest absolute Gasteiger partial charge is 0.395 e. The molecular weight excluding hydrogens is 240 g/mol. The van der Waals surface area contributed by atoms with Gasteiger partial charge in [-0.3, -0.25) is 0 Å². The van der Waals surface area contributed by atoms with Crippen LogP contribution >= 0.6 is 0 Å². The van der Waals surface area contributed by atoms with Crippen LogP contribution in [0, 0.1) is 0 Å². The van der Waals surface area contributed by atoms with E-state index in [0.29, 0.717) is 24.5 Å². The van der Waals surface area contributed by atoms with E-state index in [-0.39, 0.29) is 12.6 Å². The van der Waals surface area contributed by atoms with Crippen molar-refractivity contribution >= 4 is 10.0 Å². The Morgan fingerprint density at radius 1 is 1.35 bits per heavy atom. The smallest absolute Gasteiger partial charge is 0.243 e. The van der Waals surface area contributed by atoms with Gasteiger partial charge in [-0.15, -0.1) is 0 Å². The minimum absolute atomic E-state index is 0.0548. The summed E-state index contributed by atoms with van der Waals surface area (Å²) in [6.07, 6.45) is 0. The molecule has 6 heteroatoms. The summed E-state index contributed by atoms with van der Waals surface area (Å²) in [5.41, 5.74) is 0. The second kappa shape index (κ2) is 5.14. The molecule has 1 heterocycles. The van der Waals surface area contributed by atoms with E-state index in [1.54, 1.807) is 30.3 Å². The van der Waals surface area contributed by atoms with Gasteiger partial charge in [-0.05, 0) is 12.1 Å². The fourth-order valence-electron chi connectivity index (χ4n) is 1.88. The Bertz CT molecular complexity index is 461. The number of aliphatic hydroxyl groups is 1. The Hall–Kier alpha value is -0.950. The Balaban J connectivity index is 2.21.